The topological polar surface area (TPSA) is 58.6 Å². The molecule has 0 radical (unpaired) electrons. The number of ether oxygens (including phenoxy) is 1. The third kappa shape index (κ3) is 6.90. The molecule has 0 aliphatic rings. The molecule has 0 saturated carbocycles. The molecule has 0 aliphatic carbocycles. The molecule has 2 amide bonds. The minimum atomic E-state index is -0.570. The van der Waals surface area contributed by atoms with Gasteiger partial charge in [0.15, 0.2) is 6.61 Å². The first-order chi connectivity index (χ1) is 14.1. The van der Waals surface area contributed by atoms with E-state index in [1.165, 1.54) is 0 Å². The molecule has 0 heterocycles. The van der Waals surface area contributed by atoms with Crippen LogP contribution < -0.4 is 10.1 Å². The van der Waals surface area contributed by atoms with Gasteiger partial charge >= 0.3 is 0 Å². The van der Waals surface area contributed by atoms with E-state index in [0.717, 1.165) is 16.7 Å². The second kappa shape index (κ2) is 10.3. The maximum atomic E-state index is 13.2. The van der Waals surface area contributed by atoms with Crippen molar-refractivity contribution in [2.24, 2.45) is 0 Å². The zero-order valence-corrected chi connectivity index (χ0v) is 19.0. The number of carbonyl (C=O) groups is 2. The normalized spacial score (nSPS) is 12.2. The Bertz CT molecular complexity index is 856. The van der Waals surface area contributed by atoms with Crippen LogP contribution >= 0.6 is 0 Å². The van der Waals surface area contributed by atoms with Gasteiger partial charge in [-0.25, -0.2) is 0 Å². The SMILES string of the molecule is CC[C@@H](C(=O)NC(C)(C)C)N(Cc1ccccc1)C(=O)COc1ccc(C)cc1C. The fraction of sp³-hybridized carbons (Fsp3) is 0.440. The lowest BCUT2D eigenvalue weighted by Gasteiger charge is -2.33. The monoisotopic (exact) mass is 410 g/mol. The first kappa shape index (κ1) is 23.5. The molecule has 30 heavy (non-hydrogen) atoms. The molecular weight excluding hydrogens is 376 g/mol. The van der Waals surface area contributed by atoms with E-state index < -0.39 is 6.04 Å². The van der Waals surface area contributed by atoms with E-state index in [0.29, 0.717) is 18.7 Å². The van der Waals surface area contributed by atoms with Crippen molar-refractivity contribution >= 4 is 11.8 Å². The number of aryl methyl sites for hydroxylation is 2. The summed E-state index contributed by atoms with van der Waals surface area (Å²) in [5.41, 5.74) is 2.72. The molecule has 0 saturated heterocycles. The molecule has 1 N–H and O–H groups in total. The molecular formula is C25H34N2O3. The molecule has 0 bridgehead atoms. The summed E-state index contributed by atoms with van der Waals surface area (Å²) >= 11 is 0. The molecule has 0 aliphatic heterocycles. The van der Waals surface area contributed by atoms with Crippen molar-refractivity contribution in [1.82, 2.24) is 10.2 Å². The van der Waals surface area contributed by atoms with Crippen LogP contribution in [0.3, 0.4) is 0 Å². The van der Waals surface area contributed by atoms with Crippen LogP contribution in [0.4, 0.5) is 0 Å². The van der Waals surface area contributed by atoms with Gasteiger partial charge in [0.25, 0.3) is 5.91 Å². The number of rotatable bonds is 8. The highest BCUT2D eigenvalue weighted by Crippen LogP contribution is 2.20. The smallest absolute Gasteiger partial charge is 0.261 e. The van der Waals surface area contributed by atoms with Crippen LogP contribution in [-0.4, -0.2) is 34.9 Å². The van der Waals surface area contributed by atoms with Gasteiger partial charge in [-0.05, 0) is 58.2 Å². The minimum Gasteiger partial charge on any atom is -0.483 e. The van der Waals surface area contributed by atoms with Crippen molar-refractivity contribution in [3.8, 4) is 5.75 Å². The van der Waals surface area contributed by atoms with E-state index in [1.54, 1.807) is 4.90 Å². The summed E-state index contributed by atoms with van der Waals surface area (Å²) in [5, 5.41) is 3.01. The molecule has 5 heteroatoms. The van der Waals surface area contributed by atoms with Gasteiger partial charge in [-0.1, -0.05) is 55.0 Å². The van der Waals surface area contributed by atoms with E-state index in [4.69, 9.17) is 4.74 Å². The Morgan fingerprint density at radius 1 is 1.07 bits per heavy atom. The van der Waals surface area contributed by atoms with Crippen LogP contribution in [0.15, 0.2) is 48.5 Å². The second-order valence-corrected chi connectivity index (χ2v) is 8.73. The number of hydrogen-bond donors (Lipinski definition) is 1. The fourth-order valence-electron chi connectivity index (χ4n) is 3.34. The first-order valence-electron chi connectivity index (χ1n) is 10.5. The van der Waals surface area contributed by atoms with Crippen molar-refractivity contribution in [1.29, 1.82) is 0 Å². The second-order valence-electron chi connectivity index (χ2n) is 8.73. The zero-order chi connectivity index (χ0) is 22.3. The Labute approximate surface area is 180 Å². The fourth-order valence-corrected chi connectivity index (χ4v) is 3.34. The molecule has 0 unspecified atom stereocenters. The summed E-state index contributed by atoms with van der Waals surface area (Å²) in [6.07, 6.45) is 0.518. The summed E-state index contributed by atoms with van der Waals surface area (Å²) in [4.78, 5) is 27.8. The molecule has 2 aromatic rings. The molecule has 162 valence electrons. The largest absolute Gasteiger partial charge is 0.483 e. The number of amides is 2. The lowest BCUT2D eigenvalue weighted by molar-refractivity contribution is -0.143. The Morgan fingerprint density at radius 2 is 1.73 bits per heavy atom. The number of nitrogens with zero attached hydrogens (tertiary/aromatic N) is 1. The highest BCUT2D eigenvalue weighted by atomic mass is 16.5. The summed E-state index contributed by atoms with van der Waals surface area (Å²) in [6, 6.07) is 15.0. The third-order valence-electron chi connectivity index (χ3n) is 4.76. The van der Waals surface area contributed by atoms with Crippen molar-refractivity contribution in [2.45, 2.75) is 66.1 Å². The van der Waals surface area contributed by atoms with Crippen LogP contribution in [0.25, 0.3) is 0 Å². The lowest BCUT2D eigenvalue weighted by Crippen LogP contribution is -2.54. The van der Waals surface area contributed by atoms with Crippen LogP contribution in [0.2, 0.25) is 0 Å². The van der Waals surface area contributed by atoms with Crippen molar-refractivity contribution in [3.05, 3.63) is 65.2 Å². The highest BCUT2D eigenvalue weighted by molar-refractivity contribution is 5.88. The van der Waals surface area contributed by atoms with Crippen LogP contribution in [-0.2, 0) is 16.1 Å². The van der Waals surface area contributed by atoms with Gasteiger partial charge in [0.1, 0.15) is 11.8 Å². The van der Waals surface area contributed by atoms with E-state index in [-0.39, 0.29) is 24.0 Å². The summed E-state index contributed by atoms with van der Waals surface area (Å²) in [5.74, 6) is 0.316. The Hall–Kier alpha value is -2.82. The summed E-state index contributed by atoms with van der Waals surface area (Å²) < 4.78 is 5.82. The average Bonchev–Trinajstić information content (AvgIpc) is 2.66. The number of hydrogen-bond acceptors (Lipinski definition) is 3. The van der Waals surface area contributed by atoms with Gasteiger partial charge in [0.05, 0.1) is 0 Å². The van der Waals surface area contributed by atoms with Gasteiger partial charge in [0, 0.05) is 12.1 Å². The lowest BCUT2D eigenvalue weighted by atomic mass is 10.1. The van der Waals surface area contributed by atoms with Crippen LogP contribution in [0.1, 0.15) is 50.8 Å². The molecule has 2 aromatic carbocycles. The van der Waals surface area contributed by atoms with Crippen molar-refractivity contribution < 1.29 is 14.3 Å². The predicted octanol–water partition coefficient (Wildman–Crippen LogP) is 4.40. The van der Waals surface area contributed by atoms with Crippen LogP contribution in [0.5, 0.6) is 5.75 Å². The van der Waals surface area contributed by atoms with E-state index in [2.05, 4.69) is 5.32 Å². The minimum absolute atomic E-state index is 0.115. The number of nitrogens with one attached hydrogen (secondary N) is 1. The summed E-state index contributed by atoms with van der Waals surface area (Å²) in [6.45, 7) is 11.9. The van der Waals surface area contributed by atoms with Crippen molar-refractivity contribution in [2.75, 3.05) is 6.61 Å². The molecule has 0 aromatic heterocycles. The van der Waals surface area contributed by atoms with Gasteiger partial charge in [-0.3, -0.25) is 9.59 Å². The Kier molecular flexibility index (Phi) is 8.04. The maximum Gasteiger partial charge on any atom is 0.261 e. The van der Waals surface area contributed by atoms with Crippen molar-refractivity contribution in [3.63, 3.8) is 0 Å². The molecule has 2 rings (SSSR count). The van der Waals surface area contributed by atoms with Gasteiger partial charge in [-0.2, -0.15) is 0 Å². The third-order valence-corrected chi connectivity index (χ3v) is 4.76. The van der Waals surface area contributed by atoms with E-state index >= 15 is 0 Å². The molecule has 0 fully saturated rings. The summed E-state index contributed by atoms with van der Waals surface area (Å²) in [7, 11) is 0. The quantitative estimate of drug-likeness (QED) is 0.701. The molecule has 5 nitrogen and oxygen atoms in total. The van der Waals surface area contributed by atoms with Gasteiger partial charge < -0.3 is 15.0 Å². The zero-order valence-electron chi connectivity index (χ0n) is 19.0. The molecule has 1 atom stereocenters. The average molecular weight is 411 g/mol. The van der Waals surface area contributed by atoms with E-state index in [1.807, 2.05) is 90.1 Å². The molecule has 0 spiro atoms. The van der Waals surface area contributed by atoms with Crippen LogP contribution in [0, 0.1) is 13.8 Å². The first-order valence-corrected chi connectivity index (χ1v) is 10.5. The highest BCUT2D eigenvalue weighted by Gasteiger charge is 2.30. The van der Waals surface area contributed by atoms with Gasteiger partial charge in [-0.15, -0.1) is 0 Å². The Morgan fingerprint density at radius 3 is 2.30 bits per heavy atom. The Balaban J connectivity index is 2.22. The predicted molar refractivity (Wildman–Crippen MR) is 120 cm³/mol. The standard InChI is InChI=1S/C25H34N2O3/c1-7-21(24(29)26-25(4,5)6)27(16-20-11-9-8-10-12-20)23(28)17-30-22-14-13-18(2)15-19(22)3/h8-15,21H,7,16-17H2,1-6H3,(H,26,29)/t21-/m0/s1. The number of benzene rings is 2. The number of carbonyl (C=O) groups excluding carboxylic acids is 2. The maximum absolute atomic E-state index is 13.2. The van der Waals surface area contributed by atoms with E-state index in [9.17, 15) is 9.59 Å². The van der Waals surface area contributed by atoms with Gasteiger partial charge in [0.2, 0.25) is 5.91 Å².